The number of pyridine rings is 1. The minimum absolute atomic E-state index is 0.0820. The molecule has 0 spiro atoms. The second kappa shape index (κ2) is 8.76. The number of aromatic nitrogens is 3. The van der Waals surface area contributed by atoms with E-state index in [0.717, 1.165) is 39.7 Å². The third kappa shape index (κ3) is 4.03. The molecular weight excluding hydrogens is 482 g/mol. The Balaban J connectivity index is 1.37. The summed E-state index contributed by atoms with van der Waals surface area (Å²) in [5, 5.41) is 3.23. The van der Waals surface area contributed by atoms with Gasteiger partial charge >= 0.3 is 5.97 Å². The second-order valence-electron chi connectivity index (χ2n) is 8.27. The van der Waals surface area contributed by atoms with Crippen molar-refractivity contribution in [3.63, 3.8) is 0 Å². The number of para-hydroxylation sites is 1. The van der Waals surface area contributed by atoms with Crippen molar-refractivity contribution >= 4 is 56.4 Å². The maximum atomic E-state index is 13.4. The zero-order valence-corrected chi connectivity index (χ0v) is 20.0. The van der Waals surface area contributed by atoms with Gasteiger partial charge in [0, 0.05) is 28.1 Å². The van der Waals surface area contributed by atoms with Crippen LogP contribution in [0.25, 0.3) is 27.5 Å². The SMILES string of the molecule is O=C(OCc1cc(=O)n2ccsc2n1)c1c2c(nc3ccccc13)C(=Cc1ccc(Cl)cc1)CC2. The number of allylic oxidation sites excluding steroid dienone is 1. The molecule has 3 heterocycles. The lowest BCUT2D eigenvalue weighted by Gasteiger charge is -2.12. The number of esters is 1. The fraction of sp³-hybridized carbons (Fsp3) is 0.111. The summed E-state index contributed by atoms with van der Waals surface area (Å²) in [6.07, 6.45) is 5.23. The maximum absolute atomic E-state index is 13.4. The van der Waals surface area contributed by atoms with Crippen molar-refractivity contribution in [2.75, 3.05) is 0 Å². The van der Waals surface area contributed by atoms with Crippen LogP contribution in [0.1, 0.15) is 39.3 Å². The summed E-state index contributed by atoms with van der Waals surface area (Å²) in [4.78, 5) is 35.6. The van der Waals surface area contributed by atoms with E-state index in [1.807, 2.05) is 48.5 Å². The second-order valence-corrected chi connectivity index (χ2v) is 9.58. The third-order valence-corrected chi connectivity index (χ3v) is 7.07. The first-order valence-corrected chi connectivity index (χ1v) is 12.3. The number of fused-ring (bicyclic) bond motifs is 3. The molecule has 0 radical (unpaired) electrons. The summed E-state index contributed by atoms with van der Waals surface area (Å²) >= 11 is 7.38. The van der Waals surface area contributed by atoms with Crippen molar-refractivity contribution in [1.82, 2.24) is 14.4 Å². The maximum Gasteiger partial charge on any atom is 0.339 e. The van der Waals surface area contributed by atoms with E-state index in [2.05, 4.69) is 11.1 Å². The topological polar surface area (TPSA) is 73.6 Å². The molecule has 1 aliphatic rings. The first-order chi connectivity index (χ1) is 17.1. The molecule has 1 aliphatic carbocycles. The number of hydrogen-bond acceptors (Lipinski definition) is 6. The number of ether oxygens (including phenoxy) is 1. The Morgan fingerprint density at radius 2 is 1.94 bits per heavy atom. The Bertz CT molecular complexity index is 1700. The van der Waals surface area contributed by atoms with Crippen molar-refractivity contribution < 1.29 is 9.53 Å². The van der Waals surface area contributed by atoms with Gasteiger partial charge in [-0.25, -0.2) is 14.8 Å². The van der Waals surface area contributed by atoms with Gasteiger partial charge in [0.15, 0.2) is 4.96 Å². The molecule has 0 aliphatic heterocycles. The number of thiazole rings is 1. The molecule has 6 rings (SSSR count). The lowest BCUT2D eigenvalue weighted by molar-refractivity contribution is 0.0469. The number of hydrogen-bond donors (Lipinski definition) is 0. The van der Waals surface area contributed by atoms with E-state index in [0.29, 0.717) is 27.7 Å². The van der Waals surface area contributed by atoms with Gasteiger partial charge in [-0.05, 0) is 53.8 Å². The van der Waals surface area contributed by atoms with Crippen LogP contribution in [0.15, 0.2) is 71.0 Å². The van der Waals surface area contributed by atoms with Crippen LogP contribution in [0.2, 0.25) is 5.02 Å². The number of rotatable bonds is 4. The van der Waals surface area contributed by atoms with Gasteiger partial charge in [0.05, 0.1) is 22.5 Å². The molecule has 5 aromatic rings. The summed E-state index contributed by atoms with van der Waals surface area (Å²) in [6.45, 7) is -0.0820. The van der Waals surface area contributed by atoms with Crippen molar-refractivity contribution in [2.45, 2.75) is 19.4 Å². The zero-order valence-electron chi connectivity index (χ0n) is 18.4. The van der Waals surface area contributed by atoms with E-state index in [1.165, 1.54) is 21.8 Å². The van der Waals surface area contributed by atoms with Crippen molar-refractivity contribution in [3.8, 4) is 0 Å². The molecule has 6 nitrogen and oxygen atoms in total. The quantitative estimate of drug-likeness (QED) is 0.292. The average Bonchev–Trinajstić information content (AvgIpc) is 3.50. The average molecular weight is 500 g/mol. The first-order valence-electron chi connectivity index (χ1n) is 11.1. The van der Waals surface area contributed by atoms with Crippen LogP contribution in [0.3, 0.4) is 0 Å². The molecule has 3 aromatic heterocycles. The molecule has 8 heteroatoms. The van der Waals surface area contributed by atoms with Gasteiger partial charge in [0.2, 0.25) is 0 Å². The molecule has 0 saturated heterocycles. The van der Waals surface area contributed by atoms with Gasteiger partial charge in [0.1, 0.15) is 6.61 Å². The molecule has 0 amide bonds. The highest BCUT2D eigenvalue weighted by Crippen LogP contribution is 2.38. The van der Waals surface area contributed by atoms with E-state index in [4.69, 9.17) is 21.3 Å². The highest BCUT2D eigenvalue weighted by Gasteiger charge is 2.27. The van der Waals surface area contributed by atoms with Gasteiger partial charge in [-0.15, -0.1) is 11.3 Å². The summed E-state index contributed by atoms with van der Waals surface area (Å²) in [5.74, 6) is -0.444. The van der Waals surface area contributed by atoms with Crippen LogP contribution >= 0.6 is 22.9 Å². The predicted molar refractivity (Wildman–Crippen MR) is 138 cm³/mol. The van der Waals surface area contributed by atoms with E-state index >= 15 is 0 Å². The number of benzene rings is 2. The minimum Gasteiger partial charge on any atom is -0.456 e. The number of halogens is 1. The van der Waals surface area contributed by atoms with Crippen molar-refractivity contribution in [2.24, 2.45) is 0 Å². The smallest absolute Gasteiger partial charge is 0.339 e. The highest BCUT2D eigenvalue weighted by molar-refractivity contribution is 7.15. The summed E-state index contributed by atoms with van der Waals surface area (Å²) in [7, 11) is 0. The summed E-state index contributed by atoms with van der Waals surface area (Å²) < 4.78 is 7.15. The van der Waals surface area contributed by atoms with Gasteiger partial charge < -0.3 is 4.74 Å². The predicted octanol–water partition coefficient (Wildman–Crippen LogP) is 5.80. The Labute approximate surface area is 209 Å². The molecule has 0 unspecified atom stereocenters. The van der Waals surface area contributed by atoms with Crippen LogP contribution in [0, 0.1) is 0 Å². The number of carbonyl (C=O) groups is 1. The molecule has 0 saturated carbocycles. The molecule has 0 bridgehead atoms. The van der Waals surface area contributed by atoms with E-state index in [-0.39, 0.29) is 12.2 Å². The molecule has 35 heavy (non-hydrogen) atoms. The van der Waals surface area contributed by atoms with Crippen molar-refractivity contribution in [1.29, 1.82) is 0 Å². The molecule has 0 fully saturated rings. The van der Waals surface area contributed by atoms with Gasteiger partial charge in [0.25, 0.3) is 5.56 Å². The fourth-order valence-electron chi connectivity index (χ4n) is 4.45. The first kappa shape index (κ1) is 21.7. The largest absolute Gasteiger partial charge is 0.456 e. The standard InChI is InChI=1S/C27H18ClN3O3S/c28-18-8-5-16(6-9-18)13-17-7-10-21-24(20-3-1-2-4-22(20)30-25(17)21)26(33)34-15-19-14-23(32)31-11-12-35-27(31)29-19/h1-6,8-9,11-14H,7,10,15H2. The van der Waals surface area contributed by atoms with Crippen molar-refractivity contribution in [3.05, 3.63) is 110 Å². The van der Waals surface area contributed by atoms with E-state index in [1.54, 1.807) is 11.6 Å². The Morgan fingerprint density at radius 1 is 1.11 bits per heavy atom. The summed E-state index contributed by atoms with van der Waals surface area (Å²) in [6, 6.07) is 16.6. The Hall–Kier alpha value is -3.81. The normalized spacial score (nSPS) is 14.0. The monoisotopic (exact) mass is 499 g/mol. The number of nitrogens with zero attached hydrogens (tertiary/aromatic N) is 3. The van der Waals surface area contributed by atoms with Crippen LogP contribution in [0.5, 0.6) is 0 Å². The molecular formula is C27H18ClN3O3S. The molecule has 172 valence electrons. The van der Waals surface area contributed by atoms with Crippen LogP contribution < -0.4 is 5.56 Å². The Morgan fingerprint density at radius 3 is 2.80 bits per heavy atom. The van der Waals surface area contributed by atoms with Crippen LogP contribution in [0.4, 0.5) is 0 Å². The lowest BCUT2D eigenvalue weighted by Crippen LogP contribution is -2.15. The molecule has 2 aromatic carbocycles. The number of carbonyl (C=O) groups excluding carboxylic acids is 1. The minimum atomic E-state index is -0.444. The Kier molecular flexibility index (Phi) is 5.43. The zero-order chi connectivity index (χ0) is 23.9. The van der Waals surface area contributed by atoms with Gasteiger partial charge in [-0.2, -0.15) is 0 Å². The van der Waals surface area contributed by atoms with E-state index in [9.17, 15) is 9.59 Å². The summed E-state index contributed by atoms with van der Waals surface area (Å²) in [5.41, 5.74) is 5.28. The molecule has 0 atom stereocenters. The van der Waals surface area contributed by atoms with Crippen LogP contribution in [-0.2, 0) is 17.8 Å². The lowest BCUT2D eigenvalue weighted by atomic mass is 10.0. The van der Waals surface area contributed by atoms with Gasteiger partial charge in [-0.3, -0.25) is 9.20 Å². The fourth-order valence-corrected chi connectivity index (χ4v) is 5.31. The van der Waals surface area contributed by atoms with Crippen LogP contribution in [-0.4, -0.2) is 20.3 Å². The van der Waals surface area contributed by atoms with E-state index < -0.39 is 5.97 Å². The van der Waals surface area contributed by atoms with Gasteiger partial charge in [-0.1, -0.05) is 41.9 Å². The third-order valence-electron chi connectivity index (χ3n) is 6.06. The molecule has 0 N–H and O–H groups in total. The highest BCUT2D eigenvalue weighted by atomic mass is 35.5.